The Balaban J connectivity index is 1.33. The average molecular weight is 560 g/mol. The topological polar surface area (TPSA) is 129 Å². The van der Waals surface area contributed by atoms with Crippen LogP contribution in [0.3, 0.4) is 0 Å². The Labute approximate surface area is 230 Å². The van der Waals surface area contributed by atoms with E-state index in [-0.39, 0.29) is 29.0 Å². The number of para-hydroxylation sites is 2. The minimum absolute atomic E-state index is 0.0827. The Morgan fingerprint density at radius 1 is 0.949 bits per heavy atom. The molecule has 0 radical (unpaired) electrons. The maximum Gasteiger partial charge on any atom is 0.305 e. The number of thiazole rings is 1. The summed E-state index contributed by atoms with van der Waals surface area (Å²) in [6, 6.07) is 21.9. The number of hydrogen-bond acceptors (Lipinski definition) is 8. The number of rotatable bonds is 6. The lowest BCUT2D eigenvalue weighted by Gasteiger charge is -2.30. The van der Waals surface area contributed by atoms with E-state index in [0.29, 0.717) is 32.6 Å². The smallest absolute Gasteiger partial charge is 0.305 e. The van der Waals surface area contributed by atoms with Gasteiger partial charge in [0.25, 0.3) is 5.91 Å². The molecule has 3 aromatic carbocycles. The van der Waals surface area contributed by atoms with Crippen molar-refractivity contribution in [1.82, 2.24) is 4.98 Å². The number of phenolic OH excluding ortho intramolecular Hbond substituents is 1. The fraction of sp³-hybridized carbons (Fsp3) is 0.143. The Bertz CT molecular complexity index is 1630. The van der Waals surface area contributed by atoms with E-state index in [1.165, 1.54) is 28.8 Å². The summed E-state index contributed by atoms with van der Waals surface area (Å²) in [6.45, 7) is -0.313. The summed E-state index contributed by atoms with van der Waals surface area (Å²) in [6.07, 6.45) is 0. The number of anilines is 2. The van der Waals surface area contributed by atoms with Crippen LogP contribution in [-0.4, -0.2) is 39.7 Å². The molecule has 39 heavy (non-hydrogen) atoms. The van der Waals surface area contributed by atoms with E-state index in [1.54, 1.807) is 60.7 Å². The van der Waals surface area contributed by atoms with Crippen LogP contribution in [0.4, 0.5) is 11.4 Å². The van der Waals surface area contributed by atoms with Crippen molar-refractivity contribution < 1.29 is 24.2 Å². The first-order chi connectivity index (χ1) is 18.9. The van der Waals surface area contributed by atoms with E-state index in [4.69, 9.17) is 4.74 Å². The monoisotopic (exact) mass is 559 g/mol. The van der Waals surface area contributed by atoms with Gasteiger partial charge >= 0.3 is 4.87 Å². The number of fused-ring (bicyclic) bond motifs is 2. The summed E-state index contributed by atoms with van der Waals surface area (Å²) in [5, 5.41) is 12.0. The highest BCUT2D eigenvalue weighted by Gasteiger charge is 2.56. The van der Waals surface area contributed by atoms with Gasteiger partial charge in [-0.25, -0.2) is 4.90 Å². The number of aromatic amines is 1. The summed E-state index contributed by atoms with van der Waals surface area (Å²) < 4.78 is 5.93. The predicted octanol–water partition coefficient (Wildman–Crippen LogP) is 3.96. The van der Waals surface area contributed by atoms with Gasteiger partial charge in [0.15, 0.2) is 6.61 Å². The number of carbonyl (C=O) groups is 3. The molecule has 196 valence electrons. The van der Waals surface area contributed by atoms with Crippen LogP contribution in [0, 0.1) is 5.92 Å². The molecule has 3 atom stereocenters. The molecule has 0 bridgehead atoms. The molecule has 3 heterocycles. The first kappa shape index (κ1) is 25.0. The van der Waals surface area contributed by atoms with Crippen LogP contribution in [0.25, 0.3) is 0 Å². The number of phenols is 1. The van der Waals surface area contributed by atoms with Gasteiger partial charge in [-0.2, -0.15) is 0 Å². The standard InChI is InChI=1S/C28H21N3O6S2/c32-17-12-10-15(11-13-17)29-20(33)14-37-19-9-5-4-8-18(19)21-22-24(38-25-23(21)39-28(36)30-25)27(35)31(26(22)34)16-6-2-1-3-7-16/h1-13,21-22,24,32H,14H2,(H,29,33)(H,30,36)/t21-,22-,24+/m0/s1. The van der Waals surface area contributed by atoms with E-state index in [0.717, 1.165) is 11.3 Å². The molecule has 0 unspecified atom stereocenters. The molecule has 0 spiro atoms. The Morgan fingerprint density at radius 2 is 1.67 bits per heavy atom. The zero-order valence-electron chi connectivity index (χ0n) is 20.2. The summed E-state index contributed by atoms with van der Waals surface area (Å²) in [4.78, 5) is 56.8. The van der Waals surface area contributed by atoms with E-state index >= 15 is 0 Å². The van der Waals surface area contributed by atoms with Crippen LogP contribution >= 0.6 is 23.1 Å². The lowest BCUT2D eigenvalue weighted by atomic mass is 9.82. The molecule has 3 amide bonds. The number of nitrogens with one attached hydrogen (secondary N) is 2. The maximum atomic E-state index is 13.8. The number of H-pyrrole nitrogens is 1. The number of benzene rings is 3. The Kier molecular flexibility index (Phi) is 6.45. The quantitative estimate of drug-likeness (QED) is 0.241. The molecule has 2 aliphatic heterocycles. The van der Waals surface area contributed by atoms with Gasteiger partial charge in [0.05, 0.1) is 16.6 Å². The third kappa shape index (κ3) is 4.59. The van der Waals surface area contributed by atoms with Crippen molar-refractivity contribution in [3.05, 3.63) is 99.0 Å². The lowest BCUT2D eigenvalue weighted by molar-refractivity contribution is -0.122. The second-order valence-corrected chi connectivity index (χ2v) is 11.2. The number of thioether (sulfide) groups is 1. The molecule has 1 fully saturated rings. The van der Waals surface area contributed by atoms with Crippen LogP contribution in [0.1, 0.15) is 16.4 Å². The SMILES string of the molecule is O=C(COc1ccccc1[C@@H]1c2sc(=O)[nH]c2S[C@H]2C(=O)N(c3ccccc3)C(=O)[C@@H]12)Nc1ccc(O)cc1. The van der Waals surface area contributed by atoms with Crippen molar-refractivity contribution in [2.24, 2.45) is 5.92 Å². The normalized spacial score (nSPS) is 19.9. The van der Waals surface area contributed by atoms with Gasteiger partial charge in [-0.05, 0) is 42.5 Å². The third-order valence-corrected chi connectivity index (χ3v) is 9.00. The number of carbonyl (C=O) groups excluding carboxylic acids is 3. The first-order valence-electron chi connectivity index (χ1n) is 12.0. The predicted molar refractivity (Wildman–Crippen MR) is 148 cm³/mol. The average Bonchev–Trinajstić information content (AvgIpc) is 3.43. The summed E-state index contributed by atoms with van der Waals surface area (Å²) in [7, 11) is 0. The van der Waals surface area contributed by atoms with Gasteiger partial charge < -0.3 is 20.1 Å². The van der Waals surface area contributed by atoms with Crippen molar-refractivity contribution in [3.63, 3.8) is 0 Å². The summed E-state index contributed by atoms with van der Waals surface area (Å²) in [5.74, 6) is -2.04. The molecule has 0 saturated carbocycles. The molecule has 3 N–H and O–H groups in total. The van der Waals surface area contributed by atoms with Gasteiger partial charge in [0.2, 0.25) is 11.8 Å². The molecule has 1 aromatic heterocycles. The molecule has 11 heteroatoms. The number of imide groups is 1. The van der Waals surface area contributed by atoms with Crippen LogP contribution in [0.2, 0.25) is 0 Å². The second-order valence-electron chi connectivity index (χ2n) is 9.02. The molecule has 2 aliphatic rings. The van der Waals surface area contributed by atoms with E-state index in [9.17, 15) is 24.3 Å². The van der Waals surface area contributed by atoms with Gasteiger partial charge in [0.1, 0.15) is 16.7 Å². The van der Waals surface area contributed by atoms with Crippen LogP contribution < -0.4 is 19.8 Å². The highest BCUT2D eigenvalue weighted by atomic mass is 32.2. The first-order valence-corrected chi connectivity index (χ1v) is 13.7. The fourth-order valence-corrected chi connectivity index (χ4v) is 7.44. The number of aromatic hydroxyl groups is 1. The number of aromatic nitrogens is 1. The van der Waals surface area contributed by atoms with Gasteiger partial charge in [-0.3, -0.25) is 19.2 Å². The molecular weight excluding hydrogens is 538 g/mol. The highest BCUT2D eigenvalue weighted by Crippen LogP contribution is 2.54. The summed E-state index contributed by atoms with van der Waals surface area (Å²) >= 11 is 2.21. The van der Waals surface area contributed by atoms with E-state index in [1.807, 2.05) is 6.07 Å². The Morgan fingerprint density at radius 3 is 2.44 bits per heavy atom. The zero-order valence-corrected chi connectivity index (χ0v) is 21.8. The molecule has 1 saturated heterocycles. The maximum absolute atomic E-state index is 13.8. The van der Waals surface area contributed by atoms with Crippen molar-refractivity contribution in [1.29, 1.82) is 0 Å². The van der Waals surface area contributed by atoms with Crippen molar-refractivity contribution >= 4 is 52.2 Å². The van der Waals surface area contributed by atoms with Gasteiger partial charge in [-0.15, -0.1) is 0 Å². The number of nitrogens with zero attached hydrogens (tertiary/aromatic N) is 1. The van der Waals surface area contributed by atoms with Crippen molar-refractivity contribution in [2.75, 3.05) is 16.8 Å². The molecular formula is C28H21N3O6S2. The molecule has 4 aromatic rings. The summed E-state index contributed by atoms with van der Waals surface area (Å²) in [5.41, 5.74) is 1.60. The van der Waals surface area contributed by atoms with Crippen LogP contribution in [0.5, 0.6) is 11.5 Å². The minimum Gasteiger partial charge on any atom is -0.508 e. The number of amides is 3. The van der Waals surface area contributed by atoms with Gasteiger partial charge in [-0.1, -0.05) is 59.5 Å². The van der Waals surface area contributed by atoms with Crippen molar-refractivity contribution in [2.45, 2.75) is 16.2 Å². The number of ether oxygens (including phenoxy) is 1. The lowest BCUT2D eigenvalue weighted by Crippen LogP contribution is -2.32. The largest absolute Gasteiger partial charge is 0.508 e. The molecule has 9 nitrogen and oxygen atoms in total. The third-order valence-electron chi connectivity index (χ3n) is 6.60. The second kappa shape index (κ2) is 10.1. The fourth-order valence-electron chi connectivity index (χ4n) is 4.94. The minimum atomic E-state index is -0.766. The van der Waals surface area contributed by atoms with E-state index < -0.39 is 23.0 Å². The van der Waals surface area contributed by atoms with Crippen LogP contribution in [-0.2, 0) is 14.4 Å². The molecule has 0 aliphatic carbocycles. The van der Waals surface area contributed by atoms with Crippen LogP contribution in [0.15, 0.2) is 88.7 Å². The molecule has 6 rings (SSSR count). The Hall–Kier alpha value is -4.35. The zero-order chi connectivity index (χ0) is 27.1. The number of hydrogen-bond donors (Lipinski definition) is 3. The van der Waals surface area contributed by atoms with Gasteiger partial charge in [0, 0.05) is 22.0 Å². The highest BCUT2D eigenvalue weighted by molar-refractivity contribution is 8.00. The van der Waals surface area contributed by atoms with Crippen molar-refractivity contribution in [3.8, 4) is 11.5 Å². The van der Waals surface area contributed by atoms with E-state index in [2.05, 4.69) is 10.3 Å².